The van der Waals surface area contributed by atoms with Crippen molar-refractivity contribution in [2.24, 2.45) is 5.92 Å². The van der Waals surface area contributed by atoms with Gasteiger partial charge >= 0.3 is 5.97 Å². The minimum absolute atomic E-state index is 0.0340. The number of aryl methyl sites for hydroxylation is 1. The summed E-state index contributed by atoms with van der Waals surface area (Å²) in [5.74, 6) is 0.362. The number of carbonyl (C=O) groups is 1. The molecular weight excluding hydrogens is 268 g/mol. The van der Waals surface area contributed by atoms with E-state index in [4.69, 9.17) is 16.3 Å². The van der Waals surface area contributed by atoms with Gasteiger partial charge in [0.2, 0.25) is 0 Å². The fraction of sp³-hybridized carbons (Fsp3) is 0.357. The van der Waals surface area contributed by atoms with E-state index in [0.717, 1.165) is 11.4 Å². The third kappa shape index (κ3) is 1.16. The first kappa shape index (κ1) is 10.8. The maximum Gasteiger partial charge on any atom is 0.317 e. The van der Waals surface area contributed by atoms with Crippen LogP contribution in [0.15, 0.2) is 18.2 Å². The number of esters is 1. The molecule has 92 valence electrons. The zero-order valence-electron chi connectivity index (χ0n) is 9.83. The summed E-state index contributed by atoms with van der Waals surface area (Å²) in [6.07, 6.45) is 0.952. The van der Waals surface area contributed by atoms with Crippen LogP contribution in [-0.4, -0.2) is 12.6 Å². The fourth-order valence-corrected chi connectivity index (χ4v) is 4.70. The van der Waals surface area contributed by atoms with Crippen molar-refractivity contribution in [1.82, 2.24) is 0 Å². The average molecular weight is 279 g/mol. The molecule has 4 heteroatoms. The smallest absolute Gasteiger partial charge is 0.317 e. The molecule has 1 saturated heterocycles. The van der Waals surface area contributed by atoms with Crippen molar-refractivity contribution in [3.8, 4) is 0 Å². The third-order valence-electron chi connectivity index (χ3n) is 4.19. The summed E-state index contributed by atoms with van der Waals surface area (Å²) in [5, 5.41) is 1.91. The summed E-state index contributed by atoms with van der Waals surface area (Å²) in [6, 6.07) is 5.92. The van der Waals surface area contributed by atoms with Crippen LogP contribution < -0.4 is 0 Å². The van der Waals surface area contributed by atoms with Crippen molar-refractivity contribution in [3.63, 3.8) is 0 Å². The highest BCUT2D eigenvalue weighted by Gasteiger charge is 2.68. The molecule has 18 heavy (non-hydrogen) atoms. The lowest BCUT2D eigenvalue weighted by molar-refractivity contribution is -0.142. The van der Waals surface area contributed by atoms with E-state index in [9.17, 15) is 4.79 Å². The van der Waals surface area contributed by atoms with Crippen LogP contribution in [0.5, 0.6) is 0 Å². The number of rotatable bonds is 1. The van der Waals surface area contributed by atoms with E-state index in [0.29, 0.717) is 12.5 Å². The Labute approximate surface area is 114 Å². The number of benzene rings is 1. The molecule has 1 aliphatic carbocycles. The molecule has 0 spiro atoms. The molecular formula is C14H11ClO2S. The lowest BCUT2D eigenvalue weighted by Gasteiger charge is -2.07. The summed E-state index contributed by atoms with van der Waals surface area (Å²) in [6.45, 7) is 2.67. The molecule has 0 N–H and O–H groups in total. The van der Waals surface area contributed by atoms with Crippen molar-refractivity contribution in [2.45, 2.75) is 18.8 Å². The molecule has 1 aromatic heterocycles. The molecule has 2 heterocycles. The maximum atomic E-state index is 12.0. The molecule has 2 aliphatic rings. The summed E-state index contributed by atoms with van der Waals surface area (Å²) in [4.78, 5) is 13.2. The highest BCUT2D eigenvalue weighted by atomic mass is 35.5. The molecule has 0 unspecified atom stereocenters. The number of halogens is 1. The lowest BCUT2D eigenvalue weighted by atomic mass is 9.98. The zero-order valence-corrected chi connectivity index (χ0v) is 11.4. The second kappa shape index (κ2) is 3.28. The van der Waals surface area contributed by atoms with Crippen LogP contribution in [0, 0.1) is 12.8 Å². The minimum Gasteiger partial charge on any atom is -0.465 e. The Bertz CT molecular complexity index is 690. The van der Waals surface area contributed by atoms with E-state index in [1.807, 2.05) is 18.2 Å². The molecule has 2 aromatic rings. The van der Waals surface area contributed by atoms with Crippen LogP contribution >= 0.6 is 22.9 Å². The zero-order chi connectivity index (χ0) is 12.5. The van der Waals surface area contributed by atoms with Crippen LogP contribution in [-0.2, 0) is 14.9 Å². The molecule has 2 fully saturated rings. The van der Waals surface area contributed by atoms with Crippen molar-refractivity contribution >= 4 is 39.0 Å². The number of cyclic esters (lactones) is 1. The quantitative estimate of drug-likeness (QED) is 0.744. The normalized spacial score (nSPS) is 29.4. The molecule has 2 nitrogen and oxygen atoms in total. The van der Waals surface area contributed by atoms with Crippen LogP contribution in [0.3, 0.4) is 0 Å². The molecule has 0 amide bonds. The Morgan fingerprint density at radius 1 is 1.50 bits per heavy atom. The van der Waals surface area contributed by atoms with Crippen LogP contribution in [0.2, 0.25) is 5.02 Å². The van der Waals surface area contributed by atoms with E-state index < -0.39 is 0 Å². The maximum absolute atomic E-state index is 12.0. The Balaban J connectivity index is 1.97. The van der Waals surface area contributed by atoms with Crippen molar-refractivity contribution in [1.29, 1.82) is 0 Å². The third-order valence-corrected chi connectivity index (χ3v) is 5.87. The second-order valence-electron chi connectivity index (χ2n) is 5.17. The number of ether oxygens (including phenoxy) is 1. The summed E-state index contributed by atoms with van der Waals surface area (Å²) in [5.41, 5.74) is 0.874. The first-order chi connectivity index (χ1) is 8.63. The molecule has 1 saturated carbocycles. The topological polar surface area (TPSA) is 26.3 Å². The SMILES string of the molecule is Cc1c([C@]23C[C@H]2COC3=O)sc2ccc(Cl)cc12. The van der Waals surface area contributed by atoms with Crippen LogP contribution in [0.25, 0.3) is 10.1 Å². The van der Waals surface area contributed by atoms with Gasteiger partial charge in [-0.3, -0.25) is 4.79 Å². The lowest BCUT2D eigenvalue weighted by Crippen LogP contribution is -2.18. The van der Waals surface area contributed by atoms with Gasteiger partial charge in [0.25, 0.3) is 0 Å². The molecule has 0 bridgehead atoms. The van der Waals surface area contributed by atoms with Gasteiger partial charge in [-0.05, 0) is 42.5 Å². The van der Waals surface area contributed by atoms with Gasteiger partial charge in [0.15, 0.2) is 0 Å². The number of fused-ring (bicyclic) bond motifs is 2. The molecule has 1 aliphatic heterocycles. The standard InChI is InChI=1S/C14H11ClO2S/c1-7-10-4-9(15)2-3-11(10)18-12(7)14-5-8(14)6-17-13(14)16/h2-4,8H,5-6H2,1H3/t8-,14-/m0/s1. The first-order valence-corrected chi connectivity index (χ1v) is 7.19. The average Bonchev–Trinajstić information content (AvgIpc) is 2.89. The number of thiophene rings is 1. The van der Waals surface area contributed by atoms with Crippen LogP contribution in [0.4, 0.5) is 0 Å². The van der Waals surface area contributed by atoms with Gasteiger partial charge in [-0.1, -0.05) is 11.6 Å². The Hall–Kier alpha value is -1.06. The van der Waals surface area contributed by atoms with Gasteiger partial charge in [0.1, 0.15) is 5.41 Å². The summed E-state index contributed by atoms with van der Waals surface area (Å²) in [7, 11) is 0. The predicted octanol–water partition coefficient (Wildman–Crippen LogP) is 3.68. The van der Waals surface area contributed by atoms with Crippen molar-refractivity contribution in [3.05, 3.63) is 33.7 Å². The Kier molecular flexibility index (Phi) is 1.97. The van der Waals surface area contributed by atoms with Crippen LogP contribution in [0.1, 0.15) is 16.9 Å². The van der Waals surface area contributed by atoms with Gasteiger partial charge in [0, 0.05) is 20.5 Å². The number of carbonyl (C=O) groups excluding carboxylic acids is 1. The fourth-order valence-electron chi connectivity index (χ4n) is 3.08. The van der Waals surface area contributed by atoms with Gasteiger partial charge in [0.05, 0.1) is 6.61 Å². The van der Waals surface area contributed by atoms with Gasteiger partial charge in [-0.25, -0.2) is 0 Å². The van der Waals surface area contributed by atoms with E-state index in [1.54, 1.807) is 11.3 Å². The summed E-state index contributed by atoms with van der Waals surface area (Å²) < 4.78 is 6.39. The highest BCUT2D eigenvalue weighted by Crippen LogP contribution is 2.62. The van der Waals surface area contributed by atoms with Gasteiger partial charge < -0.3 is 4.74 Å². The van der Waals surface area contributed by atoms with E-state index in [-0.39, 0.29) is 11.4 Å². The molecule has 0 radical (unpaired) electrons. The largest absolute Gasteiger partial charge is 0.465 e. The molecule has 4 rings (SSSR count). The molecule has 2 atom stereocenters. The number of hydrogen-bond donors (Lipinski definition) is 0. The Morgan fingerprint density at radius 3 is 3.00 bits per heavy atom. The predicted molar refractivity (Wildman–Crippen MR) is 72.3 cm³/mol. The van der Waals surface area contributed by atoms with Crippen molar-refractivity contribution < 1.29 is 9.53 Å². The van der Waals surface area contributed by atoms with E-state index in [1.165, 1.54) is 20.5 Å². The number of hydrogen-bond acceptors (Lipinski definition) is 3. The monoisotopic (exact) mass is 278 g/mol. The minimum atomic E-state index is -0.319. The second-order valence-corrected chi connectivity index (χ2v) is 6.66. The van der Waals surface area contributed by atoms with Gasteiger partial charge in [-0.2, -0.15) is 0 Å². The van der Waals surface area contributed by atoms with E-state index in [2.05, 4.69) is 6.92 Å². The van der Waals surface area contributed by atoms with E-state index >= 15 is 0 Å². The summed E-state index contributed by atoms with van der Waals surface area (Å²) >= 11 is 7.76. The Morgan fingerprint density at radius 2 is 2.33 bits per heavy atom. The van der Waals surface area contributed by atoms with Crippen molar-refractivity contribution in [2.75, 3.05) is 6.61 Å². The van der Waals surface area contributed by atoms with Gasteiger partial charge in [-0.15, -0.1) is 11.3 Å². The first-order valence-electron chi connectivity index (χ1n) is 5.99. The highest BCUT2D eigenvalue weighted by molar-refractivity contribution is 7.19. The molecule has 1 aromatic carbocycles.